The van der Waals surface area contributed by atoms with Crippen LogP contribution in [0.1, 0.15) is 25.3 Å². The molecular weight excluding hydrogens is 184 g/mol. The van der Waals surface area contributed by atoms with Gasteiger partial charge in [-0.2, -0.15) is 0 Å². The van der Waals surface area contributed by atoms with E-state index in [2.05, 4.69) is 50.2 Å². The number of fused-ring (bicyclic) bond motifs is 1. The number of methoxy groups -OCH3 is 1. The molecule has 78 valence electrons. The average Bonchev–Trinajstić information content (AvgIpc) is 2.27. The van der Waals surface area contributed by atoms with Gasteiger partial charge < -0.3 is 4.74 Å². The highest BCUT2D eigenvalue weighted by Crippen LogP contribution is 2.29. The zero-order valence-electron chi connectivity index (χ0n) is 9.45. The van der Waals surface area contributed by atoms with Crippen molar-refractivity contribution in [2.45, 2.75) is 19.8 Å². The second-order valence-electron chi connectivity index (χ2n) is 4.09. The molecule has 0 unspecified atom stereocenters. The van der Waals surface area contributed by atoms with Crippen LogP contribution >= 0.6 is 0 Å². The third-order valence-electron chi connectivity index (χ3n) is 2.73. The molecule has 0 fully saturated rings. The first-order valence-electron chi connectivity index (χ1n) is 5.29. The lowest BCUT2D eigenvalue weighted by Crippen LogP contribution is -1.92. The van der Waals surface area contributed by atoms with E-state index >= 15 is 0 Å². The highest BCUT2D eigenvalue weighted by molar-refractivity contribution is 5.87. The second kappa shape index (κ2) is 3.93. The van der Waals surface area contributed by atoms with E-state index in [4.69, 9.17) is 4.74 Å². The predicted octanol–water partition coefficient (Wildman–Crippen LogP) is 3.97. The quantitative estimate of drug-likeness (QED) is 0.712. The molecule has 0 saturated heterocycles. The summed E-state index contributed by atoms with van der Waals surface area (Å²) in [4.78, 5) is 0. The third-order valence-corrected chi connectivity index (χ3v) is 2.73. The van der Waals surface area contributed by atoms with Crippen molar-refractivity contribution >= 4 is 10.8 Å². The lowest BCUT2D eigenvalue weighted by molar-refractivity contribution is 0.414. The zero-order chi connectivity index (χ0) is 10.8. The number of ether oxygens (including phenoxy) is 1. The van der Waals surface area contributed by atoms with Gasteiger partial charge in [-0.05, 0) is 34.4 Å². The van der Waals surface area contributed by atoms with Crippen LogP contribution in [0.4, 0.5) is 0 Å². The standard InChI is InChI=1S/C14H16O/c1-10(2)14-9-12(15-3)8-11-6-4-5-7-13(11)14/h4-10H,1-3H3. The second-order valence-corrected chi connectivity index (χ2v) is 4.09. The largest absolute Gasteiger partial charge is 0.497 e. The Morgan fingerprint density at radius 2 is 1.80 bits per heavy atom. The molecule has 2 aromatic rings. The summed E-state index contributed by atoms with van der Waals surface area (Å²) < 4.78 is 5.31. The molecular formula is C14H16O. The van der Waals surface area contributed by atoms with Crippen LogP contribution < -0.4 is 4.74 Å². The van der Waals surface area contributed by atoms with Crippen molar-refractivity contribution in [3.63, 3.8) is 0 Å². The average molecular weight is 200 g/mol. The fourth-order valence-corrected chi connectivity index (χ4v) is 1.91. The van der Waals surface area contributed by atoms with Gasteiger partial charge in [-0.25, -0.2) is 0 Å². The SMILES string of the molecule is COc1cc(C(C)C)c2ccccc2c1. The topological polar surface area (TPSA) is 9.23 Å². The summed E-state index contributed by atoms with van der Waals surface area (Å²) in [5.74, 6) is 1.46. The van der Waals surface area contributed by atoms with Crippen molar-refractivity contribution in [2.75, 3.05) is 7.11 Å². The lowest BCUT2D eigenvalue weighted by Gasteiger charge is -2.12. The van der Waals surface area contributed by atoms with Crippen molar-refractivity contribution in [1.82, 2.24) is 0 Å². The Morgan fingerprint density at radius 1 is 1.07 bits per heavy atom. The van der Waals surface area contributed by atoms with Crippen LogP contribution in [0.25, 0.3) is 10.8 Å². The van der Waals surface area contributed by atoms with E-state index in [1.807, 2.05) is 0 Å². The molecule has 0 radical (unpaired) electrons. The minimum Gasteiger partial charge on any atom is -0.497 e. The summed E-state index contributed by atoms with van der Waals surface area (Å²) in [6, 6.07) is 12.7. The molecule has 0 aliphatic rings. The van der Waals surface area contributed by atoms with Crippen LogP contribution in [0.5, 0.6) is 5.75 Å². The van der Waals surface area contributed by atoms with Crippen molar-refractivity contribution in [3.8, 4) is 5.75 Å². The molecule has 0 heterocycles. The highest BCUT2D eigenvalue weighted by Gasteiger charge is 2.07. The fourth-order valence-electron chi connectivity index (χ4n) is 1.91. The first-order chi connectivity index (χ1) is 7.22. The number of rotatable bonds is 2. The first kappa shape index (κ1) is 10.0. The molecule has 2 rings (SSSR count). The van der Waals surface area contributed by atoms with Crippen LogP contribution in [0, 0.1) is 0 Å². The molecule has 0 bridgehead atoms. The minimum absolute atomic E-state index is 0.519. The van der Waals surface area contributed by atoms with Gasteiger partial charge in [0, 0.05) is 0 Å². The van der Waals surface area contributed by atoms with E-state index in [1.165, 1.54) is 16.3 Å². The Morgan fingerprint density at radius 3 is 2.47 bits per heavy atom. The van der Waals surface area contributed by atoms with Gasteiger partial charge in [0.25, 0.3) is 0 Å². The number of hydrogen-bond acceptors (Lipinski definition) is 1. The van der Waals surface area contributed by atoms with Crippen molar-refractivity contribution in [3.05, 3.63) is 42.0 Å². The maximum Gasteiger partial charge on any atom is 0.119 e. The number of benzene rings is 2. The molecule has 1 nitrogen and oxygen atoms in total. The van der Waals surface area contributed by atoms with E-state index < -0.39 is 0 Å². The summed E-state index contributed by atoms with van der Waals surface area (Å²) in [6.45, 7) is 4.42. The van der Waals surface area contributed by atoms with E-state index in [0.717, 1.165) is 5.75 Å². The van der Waals surface area contributed by atoms with Gasteiger partial charge >= 0.3 is 0 Å². The maximum absolute atomic E-state index is 5.31. The van der Waals surface area contributed by atoms with Crippen LogP contribution in [-0.2, 0) is 0 Å². The predicted molar refractivity (Wildman–Crippen MR) is 64.6 cm³/mol. The summed E-state index contributed by atoms with van der Waals surface area (Å²) in [5.41, 5.74) is 1.35. The van der Waals surface area contributed by atoms with Gasteiger partial charge in [0.15, 0.2) is 0 Å². The normalized spacial score (nSPS) is 10.9. The van der Waals surface area contributed by atoms with E-state index in [9.17, 15) is 0 Å². The Kier molecular flexibility index (Phi) is 2.63. The lowest BCUT2D eigenvalue weighted by atomic mass is 9.96. The molecule has 0 aliphatic carbocycles. The Bertz CT molecular complexity index is 472. The van der Waals surface area contributed by atoms with Crippen LogP contribution in [0.2, 0.25) is 0 Å². The van der Waals surface area contributed by atoms with Gasteiger partial charge in [-0.1, -0.05) is 38.1 Å². The van der Waals surface area contributed by atoms with E-state index in [1.54, 1.807) is 7.11 Å². The Balaban J connectivity index is 2.74. The summed E-state index contributed by atoms with van der Waals surface area (Å²) >= 11 is 0. The Labute approximate surface area is 90.7 Å². The molecule has 15 heavy (non-hydrogen) atoms. The van der Waals surface area contributed by atoms with Crippen LogP contribution in [-0.4, -0.2) is 7.11 Å². The minimum atomic E-state index is 0.519. The monoisotopic (exact) mass is 200 g/mol. The Hall–Kier alpha value is -1.50. The molecule has 0 spiro atoms. The van der Waals surface area contributed by atoms with Gasteiger partial charge in [-0.15, -0.1) is 0 Å². The van der Waals surface area contributed by atoms with Gasteiger partial charge in [0.1, 0.15) is 5.75 Å². The molecule has 0 aliphatic heterocycles. The van der Waals surface area contributed by atoms with E-state index in [0.29, 0.717) is 5.92 Å². The maximum atomic E-state index is 5.31. The van der Waals surface area contributed by atoms with Gasteiger partial charge in [-0.3, -0.25) is 0 Å². The van der Waals surface area contributed by atoms with Crippen molar-refractivity contribution in [2.24, 2.45) is 0 Å². The highest BCUT2D eigenvalue weighted by atomic mass is 16.5. The van der Waals surface area contributed by atoms with Crippen LogP contribution in [0.3, 0.4) is 0 Å². The number of hydrogen-bond donors (Lipinski definition) is 0. The van der Waals surface area contributed by atoms with E-state index in [-0.39, 0.29) is 0 Å². The van der Waals surface area contributed by atoms with Crippen molar-refractivity contribution in [1.29, 1.82) is 0 Å². The summed E-state index contributed by atoms with van der Waals surface area (Å²) in [6.07, 6.45) is 0. The molecule has 0 atom stereocenters. The smallest absolute Gasteiger partial charge is 0.119 e. The molecule has 0 N–H and O–H groups in total. The fraction of sp³-hybridized carbons (Fsp3) is 0.286. The molecule has 2 aromatic carbocycles. The third kappa shape index (κ3) is 1.82. The van der Waals surface area contributed by atoms with Gasteiger partial charge in [0.05, 0.1) is 7.11 Å². The zero-order valence-corrected chi connectivity index (χ0v) is 9.45. The first-order valence-corrected chi connectivity index (χ1v) is 5.29. The van der Waals surface area contributed by atoms with Crippen LogP contribution in [0.15, 0.2) is 36.4 Å². The van der Waals surface area contributed by atoms with Crippen molar-refractivity contribution < 1.29 is 4.74 Å². The summed E-state index contributed by atoms with van der Waals surface area (Å²) in [7, 11) is 1.72. The molecule has 0 saturated carbocycles. The summed E-state index contributed by atoms with van der Waals surface area (Å²) in [5, 5.41) is 2.58. The molecule has 1 heteroatoms. The molecule has 0 aromatic heterocycles. The van der Waals surface area contributed by atoms with Gasteiger partial charge in [0.2, 0.25) is 0 Å². The molecule has 0 amide bonds.